The van der Waals surface area contributed by atoms with E-state index < -0.39 is 30.0 Å². The largest absolute Gasteiger partial charge is 0.493 e. The molecule has 1 aromatic carbocycles. The fourth-order valence-corrected chi connectivity index (χ4v) is 2.68. The molecule has 2 aromatic rings. The Kier molecular flexibility index (Phi) is 4.99. The molecule has 0 aliphatic carbocycles. The molecule has 0 spiro atoms. The maximum atomic E-state index is 13.2. The molecule has 0 bridgehead atoms. The molecule has 2 N–H and O–H groups in total. The number of carbonyl (C=O) groups is 1. The lowest BCUT2D eigenvalue weighted by Gasteiger charge is -2.32. The smallest absolute Gasteiger partial charge is 0.438 e. The molecule has 7 nitrogen and oxygen atoms in total. The summed E-state index contributed by atoms with van der Waals surface area (Å²) in [5.41, 5.74) is -1.42. The van der Waals surface area contributed by atoms with Crippen LogP contribution in [0.4, 0.5) is 13.2 Å². The van der Waals surface area contributed by atoms with Gasteiger partial charge in [-0.1, -0.05) is 18.7 Å². The van der Waals surface area contributed by atoms with Gasteiger partial charge < -0.3 is 19.0 Å². The molecule has 1 aliphatic heterocycles. The van der Waals surface area contributed by atoms with Crippen molar-refractivity contribution < 1.29 is 37.0 Å². The minimum Gasteiger partial charge on any atom is -0.493 e. The van der Waals surface area contributed by atoms with Gasteiger partial charge in [-0.3, -0.25) is 10.2 Å². The van der Waals surface area contributed by atoms with Gasteiger partial charge in [-0.05, 0) is 24.3 Å². The third-order valence-corrected chi connectivity index (χ3v) is 4.07. The van der Waals surface area contributed by atoms with E-state index in [9.17, 15) is 23.1 Å². The molecular weight excluding hydrogens is 381 g/mol. The number of amides is 1. The van der Waals surface area contributed by atoms with Crippen molar-refractivity contribution in [3.8, 4) is 11.5 Å². The first-order valence-electron chi connectivity index (χ1n) is 8.08. The Morgan fingerprint density at radius 2 is 2.00 bits per heavy atom. The highest BCUT2D eigenvalue weighted by atomic mass is 19.4. The van der Waals surface area contributed by atoms with Gasteiger partial charge in [-0.15, -0.1) is 0 Å². The number of ether oxygens (including phenoxy) is 2. The van der Waals surface area contributed by atoms with Crippen LogP contribution in [-0.4, -0.2) is 35.0 Å². The van der Waals surface area contributed by atoms with Crippen LogP contribution >= 0.6 is 0 Å². The van der Waals surface area contributed by atoms with E-state index in [4.69, 9.17) is 13.9 Å². The second kappa shape index (κ2) is 7.12. The molecule has 1 aromatic heterocycles. The highest BCUT2D eigenvalue weighted by molar-refractivity contribution is 5.92. The number of methoxy groups -OCH3 is 1. The summed E-state index contributed by atoms with van der Waals surface area (Å²) in [6.45, 7) is 3.26. The zero-order chi connectivity index (χ0) is 20.5. The van der Waals surface area contributed by atoms with Crippen LogP contribution in [0.25, 0.3) is 0 Å². The molecule has 1 aliphatic rings. The summed E-state index contributed by atoms with van der Waals surface area (Å²) in [6.07, 6.45) is -5.97. The predicted molar refractivity (Wildman–Crippen MR) is 90.1 cm³/mol. The van der Waals surface area contributed by atoms with Gasteiger partial charge in [0.25, 0.3) is 5.72 Å². The van der Waals surface area contributed by atoms with Gasteiger partial charge in [0.1, 0.15) is 12.4 Å². The lowest BCUT2D eigenvalue weighted by atomic mass is 10.1. The van der Waals surface area contributed by atoms with Crippen molar-refractivity contribution in [3.05, 3.63) is 60.2 Å². The number of hydrogen-bond acceptors (Lipinski definition) is 6. The third-order valence-electron chi connectivity index (χ3n) is 4.07. The van der Waals surface area contributed by atoms with Gasteiger partial charge in [0.2, 0.25) is 0 Å². The molecule has 0 saturated carbocycles. The van der Waals surface area contributed by atoms with Crippen molar-refractivity contribution >= 4 is 5.91 Å². The van der Waals surface area contributed by atoms with Crippen LogP contribution in [0.15, 0.2) is 53.1 Å². The van der Waals surface area contributed by atoms with Crippen molar-refractivity contribution in [3.63, 3.8) is 0 Å². The maximum Gasteiger partial charge on any atom is 0.438 e. The van der Waals surface area contributed by atoms with Crippen LogP contribution in [0.3, 0.4) is 0 Å². The van der Waals surface area contributed by atoms with E-state index in [1.54, 1.807) is 24.3 Å². The molecule has 3 rings (SSSR count). The van der Waals surface area contributed by atoms with Gasteiger partial charge in [0.15, 0.2) is 17.3 Å². The van der Waals surface area contributed by atoms with Crippen LogP contribution < -0.4 is 14.9 Å². The number of furan rings is 1. The zero-order valence-corrected chi connectivity index (χ0v) is 14.7. The summed E-state index contributed by atoms with van der Waals surface area (Å²) in [7, 11) is 1.48. The Morgan fingerprint density at radius 3 is 2.64 bits per heavy atom. The molecule has 1 unspecified atom stereocenters. The Bertz CT molecular complexity index is 895. The van der Waals surface area contributed by atoms with Gasteiger partial charge in [0, 0.05) is 12.1 Å². The second-order valence-corrected chi connectivity index (χ2v) is 6.05. The number of nitrogens with zero attached hydrogens (tertiary/aromatic N) is 1. The van der Waals surface area contributed by atoms with Crippen molar-refractivity contribution in [1.82, 2.24) is 10.4 Å². The Morgan fingerprint density at radius 1 is 1.32 bits per heavy atom. The van der Waals surface area contributed by atoms with Crippen LogP contribution in [0.1, 0.15) is 22.7 Å². The summed E-state index contributed by atoms with van der Waals surface area (Å²) < 4.78 is 55.7. The lowest BCUT2D eigenvalue weighted by Crippen LogP contribution is -2.59. The zero-order valence-electron chi connectivity index (χ0n) is 14.7. The monoisotopic (exact) mass is 398 g/mol. The average Bonchev–Trinajstić information content (AvgIpc) is 3.24. The molecule has 1 atom stereocenters. The summed E-state index contributed by atoms with van der Waals surface area (Å²) in [5.74, 6) is -0.480. The molecule has 2 heterocycles. The van der Waals surface area contributed by atoms with E-state index in [0.29, 0.717) is 11.5 Å². The number of carbonyl (C=O) groups excluding carboxylic acids is 1. The van der Waals surface area contributed by atoms with Crippen molar-refractivity contribution in [1.29, 1.82) is 0 Å². The quantitative estimate of drug-likeness (QED) is 0.806. The number of alkyl halides is 3. The normalized spacial score (nSPS) is 19.5. The van der Waals surface area contributed by atoms with E-state index in [-0.39, 0.29) is 23.1 Å². The Balaban J connectivity index is 1.74. The first-order chi connectivity index (χ1) is 13.2. The number of hydrogen-bond donors (Lipinski definition) is 2. The minimum atomic E-state index is -5.09. The van der Waals surface area contributed by atoms with E-state index in [1.807, 2.05) is 0 Å². The summed E-state index contributed by atoms with van der Waals surface area (Å²) in [5, 5.41) is 10.1. The fourth-order valence-electron chi connectivity index (χ4n) is 2.68. The number of rotatable bonds is 5. The second-order valence-electron chi connectivity index (χ2n) is 6.05. The first-order valence-corrected chi connectivity index (χ1v) is 8.08. The highest BCUT2D eigenvalue weighted by Crippen LogP contribution is 2.41. The van der Waals surface area contributed by atoms with Crippen LogP contribution in [0, 0.1) is 0 Å². The summed E-state index contributed by atoms with van der Waals surface area (Å²) >= 11 is 0. The molecule has 1 saturated heterocycles. The van der Waals surface area contributed by atoms with E-state index in [2.05, 4.69) is 12.0 Å². The SMILES string of the molecule is C=C1CC(O)(C(F)(F)F)N(C(=O)c2ccc(COc3ccccc3OC)o2)N1. The molecule has 1 fully saturated rings. The number of benzene rings is 1. The number of halogens is 3. The standard InChI is InChI=1S/C18H17F3N2O5/c1-11-9-17(25,18(19,20)21)23(22-11)16(24)15-8-7-12(28-15)10-27-14-6-4-3-5-13(14)26-2/h3-8,22,25H,1,9-10H2,2H3. The molecule has 28 heavy (non-hydrogen) atoms. The molecule has 0 radical (unpaired) electrons. The van der Waals surface area contributed by atoms with E-state index in [1.165, 1.54) is 19.2 Å². The van der Waals surface area contributed by atoms with E-state index >= 15 is 0 Å². The first kappa shape index (κ1) is 19.6. The minimum absolute atomic E-state index is 0.0685. The van der Waals surface area contributed by atoms with Gasteiger partial charge in [0.05, 0.1) is 7.11 Å². The Labute approximate surface area is 157 Å². The van der Waals surface area contributed by atoms with Gasteiger partial charge >= 0.3 is 12.1 Å². The third kappa shape index (κ3) is 3.50. The van der Waals surface area contributed by atoms with Crippen molar-refractivity contribution in [2.45, 2.75) is 24.9 Å². The van der Waals surface area contributed by atoms with Crippen molar-refractivity contribution in [2.24, 2.45) is 0 Å². The highest BCUT2D eigenvalue weighted by Gasteiger charge is 2.63. The number of aliphatic hydroxyl groups is 1. The topological polar surface area (TPSA) is 84.2 Å². The Hall–Kier alpha value is -3.14. The molecule has 10 heteroatoms. The summed E-state index contributed by atoms with van der Waals surface area (Å²) in [4.78, 5) is 12.5. The van der Waals surface area contributed by atoms with Crippen LogP contribution in [0.2, 0.25) is 0 Å². The average molecular weight is 398 g/mol. The summed E-state index contributed by atoms with van der Waals surface area (Å²) in [6, 6.07) is 9.43. The van der Waals surface area contributed by atoms with Crippen LogP contribution in [0.5, 0.6) is 11.5 Å². The number of nitrogens with one attached hydrogen (secondary N) is 1. The molecule has 150 valence electrons. The van der Waals surface area contributed by atoms with Crippen LogP contribution in [-0.2, 0) is 6.61 Å². The lowest BCUT2D eigenvalue weighted by molar-refractivity contribution is -0.299. The maximum absolute atomic E-state index is 13.2. The van der Waals surface area contributed by atoms with E-state index in [0.717, 1.165) is 0 Å². The number of para-hydroxylation sites is 2. The fraction of sp³-hybridized carbons (Fsp3) is 0.278. The molecule has 1 amide bonds. The van der Waals surface area contributed by atoms with Gasteiger partial charge in [-0.2, -0.15) is 13.2 Å². The van der Waals surface area contributed by atoms with Gasteiger partial charge in [-0.25, -0.2) is 5.01 Å². The van der Waals surface area contributed by atoms with Crippen molar-refractivity contribution in [2.75, 3.05) is 7.11 Å². The predicted octanol–water partition coefficient (Wildman–Crippen LogP) is 2.98. The molecular formula is C18H17F3N2O5. The number of hydrazine groups is 1.